The summed E-state index contributed by atoms with van der Waals surface area (Å²) < 4.78 is 13.3. The Balaban J connectivity index is 1.91. The number of carbonyl (C=O) groups excluding carboxylic acids is 2. The first-order valence-corrected chi connectivity index (χ1v) is 6.03. The fourth-order valence-electron chi connectivity index (χ4n) is 2.06. The van der Waals surface area contributed by atoms with Crippen molar-refractivity contribution in [3.8, 4) is 0 Å². The van der Waals surface area contributed by atoms with Crippen molar-refractivity contribution in [1.29, 1.82) is 0 Å². The van der Waals surface area contributed by atoms with E-state index in [1.165, 1.54) is 18.2 Å². The van der Waals surface area contributed by atoms with Gasteiger partial charge in [0.05, 0.1) is 5.69 Å². The summed E-state index contributed by atoms with van der Waals surface area (Å²) in [5.41, 5.74) is 0.0177. The van der Waals surface area contributed by atoms with E-state index in [9.17, 15) is 14.0 Å². The molecule has 0 radical (unpaired) electrons. The van der Waals surface area contributed by atoms with E-state index >= 15 is 0 Å². The molecule has 1 saturated carbocycles. The molecule has 5 heteroatoms. The predicted molar refractivity (Wildman–Crippen MR) is 65.4 cm³/mol. The summed E-state index contributed by atoms with van der Waals surface area (Å²) >= 11 is 0. The van der Waals surface area contributed by atoms with Gasteiger partial charge < -0.3 is 10.6 Å². The van der Waals surface area contributed by atoms with E-state index in [0.717, 1.165) is 25.7 Å². The Morgan fingerprint density at radius 2 is 1.78 bits per heavy atom. The molecule has 0 aliphatic heterocycles. The van der Waals surface area contributed by atoms with Crippen molar-refractivity contribution < 1.29 is 14.0 Å². The Labute approximate surface area is 105 Å². The van der Waals surface area contributed by atoms with Crippen LogP contribution in [-0.2, 0) is 9.59 Å². The van der Waals surface area contributed by atoms with E-state index in [-0.39, 0.29) is 11.7 Å². The number of anilines is 1. The second-order valence-corrected chi connectivity index (χ2v) is 4.39. The Hall–Kier alpha value is -1.91. The van der Waals surface area contributed by atoms with Gasteiger partial charge in [0, 0.05) is 6.04 Å². The highest BCUT2D eigenvalue weighted by atomic mass is 19.1. The predicted octanol–water partition coefficient (Wildman–Crippen LogP) is 1.82. The highest BCUT2D eigenvalue weighted by Crippen LogP contribution is 2.17. The summed E-state index contributed by atoms with van der Waals surface area (Å²) in [6, 6.07) is 5.82. The number of nitrogens with one attached hydrogen (secondary N) is 2. The van der Waals surface area contributed by atoms with Crippen LogP contribution in [0.3, 0.4) is 0 Å². The van der Waals surface area contributed by atoms with Gasteiger partial charge in [0.2, 0.25) is 0 Å². The van der Waals surface area contributed by atoms with E-state index in [1.807, 2.05) is 0 Å². The average Bonchev–Trinajstić information content (AvgIpc) is 2.84. The Morgan fingerprint density at radius 1 is 1.11 bits per heavy atom. The molecule has 2 amide bonds. The zero-order valence-corrected chi connectivity index (χ0v) is 9.91. The lowest BCUT2D eigenvalue weighted by Gasteiger charge is -2.11. The van der Waals surface area contributed by atoms with Gasteiger partial charge in [-0.15, -0.1) is 0 Å². The zero-order chi connectivity index (χ0) is 13.0. The molecule has 1 fully saturated rings. The third-order valence-corrected chi connectivity index (χ3v) is 3.02. The lowest BCUT2D eigenvalue weighted by atomic mass is 10.2. The van der Waals surface area contributed by atoms with Crippen molar-refractivity contribution in [3.63, 3.8) is 0 Å². The van der Waals surface area contributed by atoms with E-state index in [0.29, 0.717) is 0 Å². The van der Waals surface area contributed by atoms with Gasteiger partial charge in [-0.1, -0.05) is 25.0 Å². The normalized spacial score (nSPS) is 15.4. The number of para-hydroxylation sites is 1. The molecule has 0 bridgehead atoms. The maximum atomic E-state index is 13.3. The Morgan fingerprint density at radius 3 is 2.44 bits per heavy atom. The van der Waals surface area contributed by atoms with Gasteiger partial charge in [0.15, 0.2) is 0 Å². The van der Waals surface area contributed by atoms with Crippen molar-refractivity contribution in [3.05, 3.63) is 30.1 Å². The van der Waals surface area contributed by atoms with E-state index < -0.39 is 17.6 Å². The van der Waals surface area contributed by atoms with Gasteiger partial charge in [-0.3, -0.25) is 9.59 Å². The summed E-state index contributed by atoms with van der Waals surface area (Å²) in [4.78, 5) is 23.1. The molecular formula is C13H15FN2O2. The van der Waals surface area contributed by atoms with E-state index in [1.54, 1.807) is 6.07 Å². The van der Waals surface area contributed by atoms with Gasteiger partial charge in [0.1, 0.15) is 5.82 Å². The van der Waals surface area contributed by atoms with Gasteiger partial charge in [-0.2, -0.15) is 0 Å². The quantitative estimate of drug-likeness (QED) is 0.787. The van der Waals surface area contributed by atoms with Crippen molar-refractivity contribution in [1.82, 2.24) is 5.32 Å². The molecule has 1 aromatic carbocycles. The average molecular weight is 250 g/mol. The monoisotopic (exact) mass is 250 g/mol. The maximum Gasteiger partial charge on any atom is 0.313 e. The van der Waals surface area contributed by atoms with Crippen LogP contribution in [0.1, 0.15) is 25.7 Å². The van der Waals surface area contributed by atoms with Crippen LogP contribution in [0.15, 0.2) is 24.3 Å². The van der Waals surface area contributed by atoms with Crippen LogP contribution in [0.25, 0.3) is 0 Å². The summed E-state index contributed by atoms with van der Waals surface area (Å²) in [5, 5.41) is 4.90. The number of amides is 2. The molecule has 0 saturated heterocycles. The van der Waals surface area contributed by atoms with Gasteiger partial charge in [0.25, 0.3) is 0 Å². The molecule has 4 nitrogen and oxygen atoms in total. The largest absolute Gasteiger partial charge is 0.345 e. The van der Waals surface area contributed by atoms with Gasteiger partial charge in [-0.25, -0.2) is 4.39 Å². The first-order valence-electron chi connectivity index (χ1n) is 6.03. The molecule has 1 aliphatic rings. The SMILES string of the molecule is O=C(Nc1ccccc1F)C(=O)NC1CCCC1. The van der Waals surface area contributed by atoms with Crippen LogP contribution >= 0.6 is 0 Å². The van der Waals surface area contributed by atoms with Gasteiger partial charge >= 0.3 is 11.8 Å². The van der Waals surface area contributed by atoms with E-state index in [2.05, 4.69) is 10.6 Å². The zero-order valence-electron chi connectivity index (χ0n) is 9.91. The maximum absolute atomic E-state index is 13.3. The molecule has 1 aliphatic carbocycles. The van der Waals surface area contributed by atoms with Gasteiger partial charge in [-0.05, 0) is 25.0 Å². The fourth-order valence-corrected chi connectivity index (χ4v) is 2.06. The number of halogens is 1. The standard InChI is InChI=1S/C13H15FN2O2/c14-10-7-3-4-8-11(10)16-13(18)12(17)15-9-5-1-2-6-9/h3-4,7-9H,1-2,5-6H2,(H,15,17)(H,16,18). The van der Waals surface area contributed by atoms with Crippen molar-refractivity contribution in [2.45, 2.75) is 31.7 Å². The smallest absolute Gasteiger partial charge is 0.313 e. The second kappa shape index (κ2) is 5.62. The van der Waals surface area contributed by atoms with Crippen LogP contribution in [0.5, 0.6) is 0 Å². The first-order chi connectivity index (χ1) is 8.66. The number of hydrogen-bond acceptors (Lipinski definition) is 2. The number of benzene rings is 1. The molecule has 18 heavy (non-hydrogen) atoms. The highest BCUT2D eigenvalue weighted by molar-refractivity contribution is 6.39. The number of hydrogen-bond donors (Lipinski definition) is 2. The van der Waals surface area contributed by atoms with E-state index in [4.69, 9.17) is 0 Å². The topological polar surface area (TPSA) is 58.2 Å². The summed E-state index contributed by atoms with van der Waals surface area (Å²) in [5.74, 6) is -2.09. The second-order valence-electron chi connectivity index (χ2n) is 4.39. The third kappa shape index (κ3) is 3.06. The van der Waals surface area contributed by atoms with Crippen LogP contribution in [0.2, 0.25) is 0 Å². The van der Waals surface area contributed by atoms with Crippen molar-refractivity contribution in [2.24, 2.45) is 0 Å². The molecule has 0 aromatic heterocycles. The highest BCUT2D eigenvalue weighted by Gasteiger charge is 2.21. The lowest BCUT2D eigenvalue weighted by Crippen LogP contribution is -2.40. The van der Waals surface area contributed by atoms with Crippen LogP contribution in [0.4, 0.5) is 10.1 Å². The minimum atomic E-state index is -0.827. The molecule has 0 atom stereocenters. The van der Waals surface area contributed by atoms with Crippen molar-refractivity contribution in [2.75, 3.05) is 5.32 Å². The van der Waals surface area contributed by atoms with Crippen LogP contribution in [0, 0.1) is 5.82 Å². The third-order valence-electron chi connectivity index (χ3n) is 3.02. The molecular weight excluding hydrogens is 235 g/mol. The lowest BCUT2D eigenvalue weighted by molar-refractivity contribution is -0.136. The minimum Gasteiger partial charge on any atom is -0.345 e. The van der Waals surface area contributed by atoms with Crippen LogP contribution < -0.4 is 10.6 Å². The molecule has 0 spiro atoms. The molecule has 2 rings (SSSR count). The molecule has 0 unspecified atom stereocenters. The molecule has 2 N–H and O–H groups in total. The summed E-state index contributed by atoms with van der Waals surface area (Å²) in [6.45, 7) is 0. The summed E-state index contributed by atoms with van der Waals surface area (Å²) in [6.07, 6.45) is 3.94. The van der Waals surface area contributed by atoms with Crippen LogP contribution in [-0.4, -0.2) is 17.9 Å². The first kappa shape index (κ1) is 12.5. The minimum absolute atomic E-state index is 0.0177. The Kier molecular flexibility index (Phi) is 3.92. The number of rotatable bonds is 2. The Bertz CT molecular complexity index is 456. The van der Waals surface area contributed by atoms with Crippen molar-refractivity contribution >= 4 is 17.5 Å². The summed E-state index contributed by atoms with van der Waals surface area (Å²) in [7, 11) is 0. The fraction of sp³-hybridized carbons (Fsp3) is 0.385. The molecule has 0 heterocycles. The number of carbonyl (C=O) groups is 2. The molecule has 1 aromatic rings. The molecule has 96 valence electrons.